The molecule has 2 N–H and O–H groups in total. The number of methoxy groups -OCH3 is 1. The summed E-state index contributed by atoms with van der Waals surface area (Å²) in [6.45, 7) is 8.07. The van der Waals surface area contributed by atoms with Gasteiger partial charge >= 0.3 is 6.09 Å². The Hall–Kier alpha value is -0.810. The summed E-state index contributed by atoms with van der Waals surface area (Å²) < 4.78 is 10.5. The van der Waals surface area contributed by atoms with Crippen molar-refractivity contribution in [1.82, 2.24) is 10.6 Å². The molecule has 1 unspecified atom stereocenters. The number of rotatable bonds is 9. The molecule has 1 rings (SSSR count). The molecule has 5 nitrogen and oxygen atoms in total. The van der Waals surface area contributed by atoms with Crippen molar-refractivity contribution in [2.45, 2.75) is 77.4 Å². The molecule has 0 radical (unpaired) electrons. The molecule has 0 bridgehead atoms. The summed E-state index contributed by atoms with van der Waals surface area (Å²) in [6.07, 6.45) is 8.44. The van der Waals surface area contributed by atoms with E-state index in [4.69, 9.17) is 9.47 Å². The Labute approximate surface area is 141 Å². The zero-order valence-corrected chi connectivity index (χ0v) is 15.5. The number of hydrogen-bond donors (Lipinski definition) is 2. The van der Waals surface area contributed by atoms with Crippen LogP contribution in [-0.4, -0.2) is 44.5 Å². The van der Waals surface area contributed by atoms with E-state index in [1.54, 1.807) is 7.11 Å². The number of carbonyl (C=O) groups is 1. The quantitative estimate of drug-likeness (QED) is 0.636. The van der Waals surface area contributed by atoms with Crippen LogP contribution in [-0.2, 0) is 9.47 Å². The molecule has 0 aromatic carbocycles. The molecule has 1 saturated carbocycles. The first-order valence-electron chi connectivity index (χ1n) is 9.10. The van der Waals surface area contributed by atoms with E-state index in [-0.39, 0.29) is 6.09 Å². The molecule has 1 amide bonds. The smallest absolute Gasteiger partial charge is 0.407 e. The molecule has 1 atom stereocenters. The van der Waals surface area contributed by atoms with Crippen LogP contribution in [0.5, 0.6) is 0 Å². The zero-order chi connectivity index (χ0) is 17.1. The van der Waals surface area contributed by atoms with E-state index in [0.717, 1.165) is 31.9 Å². The molecule has 0 aromatic heterocycles. The van der Waals surface area contributed by atoms with Crippen LogP contribution in [0.4, 0.5) is 4.79 Å². The fourth-order valence-electron chi connectivity index (χ4n) is 3.02. The van der Waals surface area contributed by atoms with Gasteiger partial charge in [0.25, 0.3) is 0 Å². The Bertz CT molecular complexity index is 323. The average Bonchev–Trinajstić information content (AvgIpc) is 2.48. The van der Waals surface area contributed by atoms with Crippen molar-refractivity contribution in [3.05, 3.63) is 0 Å². The summed E-state index contributed by atoms with van der Waals surface area (Å²) in [7, 11) is 1.74. The monoisotopic (exact) mass is 328 g/mol. The van der Waals surface area contributed by atoms with Gasteiger partial charge in [-0.25, -0.2) is 4.79 Å². The zero-order valence-electron chi connectivity index (χ0n) is 15.5. The Morgan fingerprint density at radius 3 is 2.52 bits per heavy atom. The lowest BCUT2D eigenvalue weighted by molar-refractivity contribution is 0.0526. The summed E-state index contributed by atoms with van der Waals surface area (Å²) >= 11 is 0. The molecular formula is C18H36N2O3. The first-order valence-corrected chi connectivity index (χ1v) is 9.10. The van der Waals surface area contributed by atoms with Crippen molar-refractivity contribution in [3.63, 3.8) is 0 Å². The molecule has 0 spiro atoms. The normalized spacial score (nSPS) is 17.7. The van der Waals surface area contributed by atoms with Crippen molar-refractivity contribution in [3.8, 4) is 0 Å². The highest BCUT2D eigenvalue weighted by Gasteiger charge is 2.17. The minimum atomic E-state index is -0.440. The molecule has 23 heavy (non-hydrogen) atoms. The number of amides is 1. The molecule has 1 aliphatic carbocycles. The minimum absolute atomic E-state index is 0.337. The second-order valence-electron chi connectivity index (χ2n) is 7.64. The predicted octanol–water partition coefficient (Wildman–Crippen LogP) is 3.48. The second kappa shape index (κ2) is 10.9. The van der Waals surface area contributed by atoms with Crippen molar-refractivity contribution in [2.24, 2.45) is 5.92 Å². The van der Waals surface area contributed by atoms with Crippen LogP contribution in [0.15, 0.2) is 0 Å². The van der Waals surface area contributed by atoms with Crippen LogP contribution in [0.1, 0.15) is 65.7 Å². The number of ether oxygens (including phenoxy) is 2. The Balaban J connectivity index is 2.15. The maximum atomic E-state index is 11.6. The van der Waals surface area contributed by atoms with Crippen molar-refractivity contribution in [2.75, 3.05) is 26.8 Å². The SMILES string of the molecule is COCC(CCCNC(=O)OC(C)(C)C)NCC1CCCCC1. The number of nitrogens with one attached hydrogen (secondary N) is 2. The lowest BCUT2D eigenvalue weighted by Crippen LogP contribution is -2.38. The molecule has 136 valence electrons. The van der Waals surface area contributed by atoms with Crippen LogP contribution >= 0.6 is 0 Å². The third-order valence-corrected chi connectivity index (χ3v) is 4.19. The topological polar surface area (TPSA) is 59.6 Å². The number of alkyl carbamates (subject to hydrolysis) is 1. The minimum Gasteiger partial charge on any atom is -0.444 e. The summed E-state index contributed by atoms with van der Waals surface area (Å²) in [5, 5.41) is 6.46. The lowest BCUT2D eigenvalue weighted by atomic mass is 9.89. The fraction of sp³-hybridized carbons (Fsp3) is 0.944. The second-order valence-corrected chi connectivity index (χ2v) is 7.64. The van der Waals surface area contributed by atoms with Crippen molar-refractivity contribution >= 4 is 6.09 Å². The van der Waals surface area contributed by atoms with E-state index >= 15 is 0 Å². The molecule has 1 fully saturated rings. The van der Waals surface area contributed by atoms with Crippen molar-refractivity contribution < 1.29 is 14.3 Å². The highest BCUT2D eigenvalue weighted by Crippen LogP contribution is 2.23. The van der Waals surface area contributed by atoms with E-state index in [9.17, 15) is 4.79 Å². The van der Waals surface area contributed by atoms with Gasteiger partial charge in [-0.3, -0.25) is 0 Å². The van der Waals surface area contributed by atoms with Gasteiger partial charge in [-0.05, 0) is 58.9 Å². The summed E-state index contributed by atoms with van der Waals surface area (Å²) in [5.74, 6) is 0.822. The maximum Gasteiger partial charge on any atom is 0.407 e. The molecule has 1 aliphatic rings. The van der Waals surface area contributed by atoms with Crippen LogP contribution in [0.3, 0.4) is 0 Å². The van der Waals surface area contributed by atoms with Gasteiger partial charge in [-0.15, -0.1) is 0 Å². The van der Waals surface area contributed by atoms with Gasteiger partial charge in [0, 0.05) is 19.7 Å². The average molecular weight is 328 g/mol. The first-order chi connectivity index (χ1) is 10.9. The third kappa shape index (κ3) is 10.6. The van der Waals surface area contributed by atoms with Gasteiger partial charge in [-0.1, -0.05) is 19.3 Å². The van der Waals surface area contributed by atoms with Gasteiger partial charge in [0.05, 0.1) is 6.61 Å². The Kier molecular flexibility index (Phi) is 9.56. The van der Waals surface area contributed by atoms with Gasteiger partial charge in [0.2, 0.25) is 0 Å². The van der Waals surface area contributed by atoms with Crippen molar-refractivity contribution in [1.29, 1.82) is 0 Å². The fourth-order valence-corrected chi connectivity index (χ4v) is 3.02. The molecule has 0 heterocycles. The van der Waals surface area contributed by atoms with Crippen LogP contribution in [0.25, 0.3) is 0 Å². The van der Waals surface area contributed by atoms with E-state index in [1.165, 1.54) is 32.1 Å². The van der Waals surface area contributed by atoms with Gasteiger partial charge in [-0.2, -0.15) is 0 Å². The molecule has 0 saturated heterocycles. The Morgan fingerprint density at radius 2 is 1.91 bits per heavy atom. The molecular weight excluding hydrogens is 292 g/mol. The summed E-state index contributed by atoms with van der Waals surface area (Å²) in [6, 6.07) is 0.363. The van der Waals surface area contributed by atoms with Gasteiger partial charge in [0.15, 0.2) is 0 Å². The first kappa shape index (κ1) is 20.2. The standard InChI is InChI=1S/C18H36N2O3/c1-18(2,3)23-17(21)19-12-8-11-16(14-22-4)20-13-15-9-6-5-7-10-15/h15-16,20H,5-14H2,1-4H3,(H,19,21). The van der Waals surface area contributed by atoms with E-state index in [2.05, 4.69) is 10.6 Å². The van der Waals surface area contributed by atoms with Crippen LogP contribution in [0.2, 0.25) is 0 Å². The Morgan fingerprint density at radius 1 is 1.22 bits per heavy atom. The van der Waals surface area contributed by atoms with E-state index in [1.807, 2.05) is 20.8 Å². The highest BCUT2D eigenvalue weighted by molar-refractivity contribution is 5.67. The predicted molar refractivity (Wildman–Crippen MR) is 93.7 cm³/mol. The third-order valence-electron chi connectivity index (χ3n) is 4.19. The maximum absolute atomic E-state index is 11.6. The van der Waals surface area contributed by atoms with Crippen LogP contribution in [0, 0.1) is 5.92 Å². The van der Waals surface area contributed by atoms with Crippen LogP contribution < -0.4 is 10.6 Å². The lowest BCUT2D eigenvalue weighted by Gasteiger charge is -2.25. The molecule has 0 aromatic rings. The summed E-state index contributed by atoms with van der Waals surface area (Å²) in [5.41, 5.74) is -0.440. The van der Waals surface area contributed by atoms with Gasteiger partial charge < -0.3 is 20.1 Å². The summed E-state index contributed by atoms with van der Waals surface area (Å²) in [4.78, 5) is 11.6. The van der Waals surface area contributed by atoms with E-state index in [0.29, 0.717) is 12.6 Å². The van der Waals surface area contributed by atoms with E-state index < -0.39 is 5.60 Å². The highest BCUT2D eigenvalue weighted by atomic mass is 16.6. The largest absolute Gasteiger partial charge is 0.444 e. The molecule has 5 heteroatoms. The number of hydrogen-bond acceptors (Lipinski definition) is 4. The van der Waals surface area contributed by atoms with Gasteiger partial charge in [0.1, 0.15) is 5.60 Å². The molecule has 0 aliphatic heterocycles. The number of carbonyl (C=O) groups excluding carboxylic acids is 1.